The van der Waals surface area contributed by atoms with Gasteiger partial charge in [-0.1, -0.05) is 6.07 Å². The molecule has 0 bridgehead atoms. The van der Waals surface area contributed by atoms with Gasteiger partial charge in [0, 0.05) is 49.3 Å². The molecule has 6 rings (SSSR count). The number of carbonyl (C=O) groups is 1. The number of halogens is 3. The van der Waals surface area contributed by atoms with Crippen LogP contribution in [0, 0.1) is 0 Å². The molecule has 4 aromatic rings. The second-order valence-electron chi connectivity index (χ2n) is 11.5. The SMILES string of the molecule is CN(C)CCCOc1ncc(-c2ccc3ncc4c(c3c2)C2(CC2=O)CN4C)cc1NS(=O)(=O)c1ccc(C(F)(F)F)cc1. The zero-order valence-electron chi connectivity index (χ0n) is 24.3. The Morgan fingerprint density at radius 3 is 2.43 bits per heavy atom. The third-order valence-electron chi connectivity index (χ3n) is 8.03. The molecular formula is C31H30F3N5O4S. The highest BCUT2D eigenvalue weighted by Crippen LogP contribution is 2.55. The average molecular weight is 626 g/mol. The van der Waals surface area contributed by atoms with Crippen LogP contribution >= 0.6 is 0 Å². The van der Waals surface area contributed by atoms with E-state index in [1.165, 1.54) is 0 Å². The Labute approximate surface area is 252 Å². The number of benzene rings is 2. The van der Waals surface area contributed by atoms with Crippen molar-refractivity contribution in [3.05, 3.63) is 72.1 Å². The summed E-state index contributed by atoms with van der Waals surface area (Å²) in [6, 6.07) is 10.4. The van der Waals surface area contributed by atoms with Crippen molar-refractivity contribution in [3.8, 4) is 17.0 Å². The number of alkyl halides is 3. The van der Waals surface area contributed by atoms with Gasteiger partial charge in [-0.2, -0.15) is 13.2 Å². The van der Waals surface area contributed by atoms with E-state index in [0.29, 0.717) is 30.5 Å². The number of rotatable bonds is 9. The fourth-order valence-corrected chi connectivity index (χ4v) is 6.75. The van der Waals surface area contributed by atoms with Crippen LogP contribution in [-0.2, 0) is 26.4 Å². The van der Waals surface area contributed by atoms with E-state index in [1.807, 2.05) is 49.1 Å². The summed E-state index contributed by atoms with van der Waals surface area (Å²) in [6.45, 7) is 1.60. The van der Waals surface area contributed by atoms with Gasteiger partial charge in [-0.05, 0) is 68.5 Å². The summed E-state index contributed by atoms with van der Waals surface area (Å²) in [5, 5.41) is 0.839. The summed E-state index contributed by atoms with van der Waals surface area (Å²) >= 11 is 0. The van der Waals surface area contributed by atoms with Crippen LogP contribution in [0.1, 0.15) is 24.0 Å². The normalized spacial score (nSPS) is 17.9. The lowest BCUT2D eigenvalue weighted by atomic mass is 9.93. The van der Waals surface area contributed by atoms with Crippen molar-refractivity contribution in [2.75, 3.05) is 50.5 Å². The number of pyridine rings is 2. The van der Waals surface area contributed by atoms with Gasteiger partial charge < -0.3 is 14.5 Å². The van der Waals surface area contributed by atoms with E-state index in [9.17, 15) is 26.4 Å². The van der Waals surface area contributed by atoms with Crippen molar-refractivity contribution < 1.29 is 31.1 Å². The number of anilines is 2. The molecule has 1 saturated carbocycles. The minimum atomic E-state index is -4.60. The first-order chi connectivity index (χ1) is 20.8. The zero-order valence-corrected chi connectivity index (χ0v) is 25.1. The molecule has 2 aromatic carbocycles. The van der Waals surface area contributed by atoms with E-state index >= 15 is 0 Å². The molecule has 1 unspecified atom stereocenters. The Kier molecular flexibility index (Phi) is 7.28. The fourth-order valence-electron chi connectivity index (χ4n) is 5.70. The Morgan fingerprint density at radius 2 is 1.77 bits per heavy atom. The van der Waals surface area contributed by atoms with Gasteiger partial charge in [0.05, 0.1) is 39.9 Å². The molecule has 1 atom stereocenters. The van der Waals surface area contributed by atoms with Crippen LogP contribution in [0.4, 0.5) is 24.5 Å². The highest BCUT2D eigenvalue weighted by Gasteiger charge is 2.60. The summed E-state index contributed by atoms with van der Waals surface area (Å²) < 4.78 is 74.1. The van der Waals surface area contributed by atoms with Gasteiger partial charge in [0.1, 0.15) is 11.5 Å². The van der Waals surface area contributed by atoms with Gasteiger partial charge in [-0.25, -0.2) is 13.4 Å². The minimum Gasteiger partial charge on any atom is -0.476 e. The summed E-state index contributed by atoms with van der Waals surface area (Å²) in [4.78, 5) is 25.3. The van der Waals surface area contributed by atoms with Crippen LogP contribution in [0.2, 0.25) is 0 Å². The fraction of sp³-hybridized carbons (Fsp3) is 0.323. The number of nitrogens with zero attached hydrogens (tertiary/aromatic N) is 4. The molecule has 1 aliphatic carbocycles. The molecule has 44 heavy (non-hydrogen) atoms. The second-order valence-corrected chi connectivity index (χ2v) is 13.2. The molecule has 3 heterocycles. The average Bonchev–Trinajstić information content (AvgIpc) is 3.52. The molecular weight excluding hydrogens is 595 g/mol. The van der Waals surface area contributed by atoms with Crippen molar-refractivity contribution in [3.63, 3.8) is 0 Å². The van der Waals surface area contributed by atoms with E-state index in [-0.39, 0.29) is 28.9 Å². The first-order valence-corrected chi connectivity index (χ1v) is 15.4. The standard InChI is InChI=1S/C31H30F3N5O4S/c1-38(2)11-4-12-43-29-25(37-44(41,42)22-8-6-21(7-9-22)31(32,33)34)14-20(16-36-29)19-5-10-24-23(13-19)28-26(17-35-24)39(3)18-30(28)15-27(30)40/h5-10,13-14,16-17,37H,4,11-12,15,18H2,1-3H3. The third-order valence-corrected chi connectivity index (χ3v) is 9.41. The van der Waals surface area contributed by atoms with Crippen LogP contribution in [-0.4, -0.2) is 69.9 Å². The molecule has 1 aliphatic heterocycles. The number of nitrogens with one attached hydrogen (secondary N) is 1. The number of hydrogen-bond acceptors (Lipinski definition) is 8. The number of ketones is 1. The quantitative estimate of drug-likeness (QED) is 0.256. The largest absolute Gasteiger partial charge is 0.476 e. The van der Waals surface area contributed by atoms with Gasteiger partial charge in [0.25, 0.3) is 10.0 Å². The number of sulfonamides is 1. The summed E-state index contributed by atoms with van der Waals surface area (Å²) in [5.41, 5.74) is 2.43. The van der Waals surface area contributed by atoms with Crippen molar-refractivity contribution in [1.82, 2.24) is 14.9 Å². The van der Waals surface area contributed by atoms with E-state index < -0.39 is 27.2 Å². The Balaban J connectivity index is 1.38. The maximum Gasteiger partial charge on any atom is 0.416 e. The van der Waals surface area contributed by atoms with E-state index in [1.54, 1.807) is 18.5 Å². The molecule has 0 saturated heterocycles. The van der Waals surface area contributed by atoms with E-state index in [0.717, 1.165) is 53.0 Å². The lowest BCUT2D eigenvalue weighted by Crippen LogP contribution is -2.20. The highest BCUT2D eigenvalue weighted by atomic mass is 32.2. The Morgan fingerprint density at radius 1 is 1.05 bits per heavy atom. The smallest absolute Gasteiger partial charge is 0.416 e. The number of likely N-dealkylation sites (N-methyl/N-ethyl adjacent to an activating group) is 1. The molecule has 0 amide bonds. The predicted octanol–water partition coefficient (Wildman–Crippen LogP) is 5.11. The molecule has 1 N–H and O–H groups in total. The van der Waals surface area contributed by atoms with Crippen LogP contribution < -0.4 is 14.4 Å². The van der Waals surface area contributed by atoms with Crippen molar-refractivity contribution in [2.24, 2.45) is 0 Å². The summed E-state index contributed by atoms with van der Waals surface area (Å²) in [6.07, 6.45) is -0.113. The van der Waals surface area contributed by atoms with Crippen molar-refractivity contribution >= 4 is 38.1 Å². The van der Waals surface area contributed by atoms with Crippen molar-refractivity contribution in [1.29, 1.82) is 0 Å². The summed E-state index contributed by atoms with van der Waals surface area (Å²) in [5.74, 6) is 0.230. The van der Waals surface area contributed by atoms with E-state index in [4.69, 9.17) is 4.74 Å². The molecule has 1 spiro atoms. The third kappa shape index (κ3) is 5.45. The lowest BCUT2D eigenvalue weighted by Gasteiger charge is -2.16. The Bertz CT molecular complexity index is 1880. The first kappa shape index (κ1) is 29.8. The number of ether oxygens (including phenoxy) is 1. The van der Waals surface area contributed by atoms with Crippen LogP contribution in [0.15, 0.2) is 65.8 Å². The first-order valence-electron chi connectivity index (χ1n) is 13.9. The van der Waals surface area contributed by atoms with Gasteiger partial charge in [0.15, 0.2) is 0 Å². The molecule has 0 radical (unpaired) electrons. The monoisotopic (exact) mass is 625 g/mol. The van der Waals surface area contributed by atoms with E-state index in [2.05, 4.69) is 14.7 Å². The van der Waals surface area contributed by atoms with Gasteiger partial charge in [-0.3, -0.25) is 14.5 Å². The summed E-state index contributed by atoms with van der Waals surface area (Å²) in [7, 11) is 1.48. The maximum atomic E-state index is 13.3. The number of carbonyl (C=O) groups excluding carboxylic acids is 1. The number of aromatic nitrogens is 2. The predicted molar refractivity (Wildman–Crippen MR) is 160 cm³/mol. The number of Topliss-reactive ketones (excluding diaryl/α,β-unsaturated/α-hetero) is 1. The van der Waals surface area contributed by atoms with Gasteiger partial charge in [0.2, 0.25) is 5.88 Å². The highest BCUT2D eigenvalue weighted by molar-refractivity contribution is 7.92. The number of hydrogen-bond donors (Lipinski definition) is 1. The molecule has 2 aliphatic rings. The van der Waals surface area contributed by atoms with Crippen molar-refractivity contribution in [2.45, 2.75) is 29.3 Å². The Hall–Kier alpha value is -4.23. The van der Waals surface area contributed by atoms with Gasteiger partial charge >= 0.3 is 6.18 Å². The van der Waals surface area contributed by atoms with Crippen LogP contribution in [0.3, 0.4) is 0 Å². The lowest BCUT2D eigenvalue weighted by molar-refractivity contribution is -0.137. The maximum absolute atomic E-state index is 13.3. The van der Waals surface area contributed by atoms with Crippen LogP contribution in [0.25, 0.3) is 22.0 Å². The van der Waals surface area contributed by atoms with Gasteiger partial charge in [-0.15, -0.1) is 0 Å². The van der Waals surface area contributed by atoms with Crippen LogP contribution in [0.5, 0.6) is 5.88 Å². The minimum absolute atomic E-state index is 0.0375. The molecule has 13 heteroatoms. The topological polar surface area (TPSA) is 105 Å². The second kappa shape index (κ2) is 10.7. The molecule has 230 valence electrons. The zero-order chi connectivity index (χ0) is 31.4. The number of fused-ring (bicyclic) bond motifs is 4. The molecule has 1 fully saturated rings. The molecule has 9 nitrogen and oxygen atoms in total. The molecule has 2 aromatic heterocycles.